The van der Waals surface area contributed by atoms with E-state index in [0.29, 0.717) is 5.92 Å². The van der Waals surface area contributed by atoms with Gasteiger partial charge in [0.2, 0.25) is 0 Å². The number of hydrogen-bond acceptors (Lipinski definition) is 4. The molecule has 1 saturated heterocycles. The molecule has 23 heavy (non-hydrogen) atoms. The molecule has 6 heteroatoms. The summed E-state index contributed by atoms with van der Waals surface area (Å²) in [5.41, 5.74) is 1.96. The fourth-order valence-electron chi connectivity index (χ4n) is 3.91. The quantitative estimate of drug-likeness (QED) is 0.906. The highest BCUT2D eigenvalue weighted by Gasteiger charge is 2.50. The van der Waals surface area contributed by atoms with Gasteiger partial charge in [0.15, 0.2) is 0 Å². The second-order valence-electron chi connectivity index (χ2n) is 7.73. The Balaban J connectivity index is 1.76. The standard InChI is InChI=1S/C17H28N4O2/c1-6-17(14-13(7-8-19-17)18-11-20(14)5)12-9-21(10-12)15(22)23-16(2,3)4/h11-12,19H,6-10H2,1-5H3. The number of nitrogens with zero attached hydrogens (tertiary/aromatic N) is 3. The van der Waals surface area contributed by atoms with E-state index in [-0.39, 0.29) is 11.6 Å². The molecule has 0 spiro atoms. The van der Waals surface area contributed by atoms with Crippen LogP contribution in [0.15, 0.2) is 6.33 Å². The fraction of sp³-hybridized carbons (Fsp3) is 0.765. The summed E-state index contributed by atoms with van der Waals surface area (Å²) in [4.78, 5) is 18.6. The van der Waals surface area contributed by atoms with E-state index in [2.05, 4.69) is 28.8 Å². The molecule has 1 aromatic heterocycles. The minimum atomic E-state index is -0.442. The first-order valence-electron chi connectivity index (χ1n) is 8.50. The third kappa shape index (κ3) is 2.73. The highest BCUT2D eigenvalue weighted by atomic mass is 16.6. The molecule has 3 rings (SSSR count). The molecule has 0 bridgehead atoms. The fourth-order valence-corrected chi connectivity index (χ4v) is 3.91. The highest BCUT2D eigenvalue weighted by molar-refractivity contribution is 5.69. The summed E-state index contributed by atoms with van der Waals surface area (Å²) in [7, 11) is 2.06. The zero-order chi connectivity index (χ0) is 16.8. The molecule has 1 atom stereocenters. The molecule has 1 amide bonds. The van der Waals surface area contributed by atoms with Gasteiger partial charge in [-0.15, -0.1) is 0 Å². The number of carbonyl (C=O) groups excluding carboxylic acids is 1. The molecule has 128 valence electrons. The topological polar surface area (TPSA) is 59.4 Å². The van der Waals surface area contributed by atoms with E-state index in [1.165, 1.54) is 11.4 Å². The van der Waals surface area contributed by atoms with E-state index >= 15 is 0 Å². The number of amides is 1. The molecule has 2 aliphatic rings. The van der Waals surface area contributed by atoms with Crippen LogP contribution in [0, 0.1) is 5.92 Å². The number of fused-ring (bicyclic) bond motifs is 1. The molecular weight excluding hydrogens is 292 g/mol. The SMILES string of the molecule is CCC1(C2CN(C(=O)OC(C)(C)C)C2)NCCc2ncn(C)c21. The Morgan fingerprint density at radius 1 is 1.48 bits per heavy atom. The van der Waals surface area contributed by atoms with Crippen molar-refractivity contribution < 1.29 is 9.53 Å². The maximum absolute atomic E-state index is 12.2. The summed E-state index contributed by atoms with van der Waals surface area (Å²) < 4.78 is 7.61. The number of carbonyl (C=O) groups is 1. The van der Waals surface area contributed by atoms with E-state index in [1.807, 2.05) is 27.1 Å². The molecule has 0 saturated carbocycles. The Kier molecular flexibility index (Phi) is 3.91. The Morgan fingerprint density at radius 2 is 2.17 bits per heavy atom. The summed E-state index contributed by atoms with van der Waals surface area (Å²) in [6.45, 7) is 10.3. The van der Waals surface area contributed by atoms with Crippen molar-refractivity contribution in [3.05, 3.63) is 17.7 Å². The van der Waals surface area contributed by atoms with Crippen LogP contribution < -0.4 is 5.32 Å². The van der Waals surface area contributed by atoms with E-state index in [4.69, 9.17) is 4.74 Å². The van der Waals surface area contributed by atoms with Crippen LogP contribution in [0.25, 0.3) is 0 Å². The van der Waals surface area contributed by atoms with Crippen molar-refractivity contribution in [3.63, 3.8) is 0 Å². The number of likely N-dealkylation sites (tertiary alicyclic amines) is 1. The van der Waals surface area contributed by atoms with Gasteiger partial charge in [0.25, 0.3) is 0 Å². The van der Waals surface area contributed by atoms with Gasteiger partial charge in [-0.05, 0) is 27.2 Å². The minimum Gasteiger partial charge on any atom is -0.444 e. The molecule has 0 radical (unpaired) electrons. The van der Waals surface area contributed by atoms with Crippen LogP contribution in [0.2, 0.25) is 0 Å². The third-order valence-corrected chi connectivity index (χ3v) is 5.03. The molecular formula is C17H28N4O2. The zero-order valence-corrected chi connectivity index (χ0v) is 14.8. The average Bonchev–Trinajstić information content (AvgIpc) is 2.78. The van der Waals surface area contributed by atoms with E-state index in [0.717, 1.165) is 32.5 Å². The molecule has 1 aromatic rings. The second-order valence-corrected chi connectivity index (χ2v) is 7.73. The lowest BCUT2D eigenvalue weighted by Crippen LogP contribution is -2.65. The van der Waals surface area contributed by atoms with Crippen LogP contribution in [0.3, 0.4) is 0 Å². The lowest BCUT2D eigenvalue weighted by Gasteiger charge is -2.52. The van der Waals surface area contributed by atoms with Crippen LogP contribution >= 0.6 is 0 Å². The summed E-state index contributed by atoms with van der Waals surface area (Å²) >= 11 is 0. The predicted molar refractivity (Wildman–Crippen MR) is 88.2 cm³/mol. The molecule has 1 fully saturated rings. The largest absolute Gasteiger partial charge is 0.444 e. The summed E-state index contributed by atoms with van der Waals surface area (Å²) in [5, 5.41) is 3.74. The zero-order valence-electron chi connectivity index (χ0n) is 14.8. The smallest absolute Gasteiger partial charge is 0.410 e. The first-order valence-corrected chi connectivity index (χ1v) is 8.50. The van der Waals surface area contributed by atoms with Gasteiger partial charge in [-0.2, -0.15) is 0 Å². The van der Waals surface area contributed by atoms with Crippen molar-refractivity contribution in [2.75, 3.05) is 19.6 Å². The number of imidazole rings is 1. The number of nitrogens with one attached hydrogen (secondary N) is 1. The number of aromatic nitrogens is 2. The Labute approximate surface area is 138 Å². The lowest BCUT2D eigenvalue weighted by atomic mass is 9.72. The maximum Gasteiger partial charge on any atom is 0.410 e. The third-order valence-electron chi connectivity index (χ3n) is 5.03. The van der Waals surface area contributed by atoms with E-state index < -0.39 is 5.60 Å². The van der Waals surface area contributed by atoms with Gasteiger partial charge in [-0.25, -0.2) is 9.78 Å². The van der Waals surface area contributed by atoms with E-state index in [9.17, 15) is 4.79 Å². The van der Waals surface area contributed by atoms with Crippen molar-refractivity contribution in [1.82, 2.24) is 19.8 Å². The minimum absolute atomic E-state index is 0.0860. The first kappa shape index (κ1) is 16.3. The van der Waals surface area contributed by atoms with E-state index in [1.54, 1.807) is 4.90 Å². The Bertz CT molecular complexity index is 598. The number of ether oxygens (including phenoxy) is 1. The van der Waals surface area contributed by atoms with Crippen LogP contribution in [0.5, 0.6) is 0 Å². The van der Waals surface area contributed by atoms with Crippen molar-refractivity contribution in [2.24, 2.45) is 13.0 Å². The highest BCUT2D eigenvalue weighted by Crippen LogP contribution is 2.42. The van der Waals surface area contributed by atoms with Gasteiger partial charge in [-0.3, -0.25) is 0 Å². The monoisotopic (exact) mass is 320 g/mol. The lowest BCUT2D eigenvalue weighted by molar-refractivity contribution is -0.0251. The van der Waals surface area contributed by atoms with Crippen molar-refractivity contribution in [3.8, 4) is 0 Å². The number of aryl methyl sites for hydroxylation is 1. The summed E-state index contributed by atoms with van der Waals surface area (Å²) in [5.74, 6) is 0.398. The molecule has 0 aromatic carbocycles. The molecule has 1 unspecified atom stereocenters. The first-order chi connectivity index (χ1) is 10.8. The van der Waals surface area contributed by atoms with Crippen molar-refractivity contribution in [1.29, 1.82) is 0 Å². The van der Waals surface area contributed by atoms with Gasteiger partial charge >= 0.3 is 6.09 Å². The van der Waals surface area contributed by atoms with Gasteiger partial charge in [0, 0.05) is 39.0 Å². The van der Waals surface area contributed by atoms with Gasteiger partial charge < -0.3 is 19.5 Å². The molecule has 6 nitrogen and oxygen atoms in total. The van der Waals surface area contributed by atoms with Crippen molar-refractivity contribution >= 4 is 6.09 Å². The number of hydrogen-bond donors (Lipinski definition) is 1. The average molecular weight is 320 g/mol. The normalized spacial score (nSPS) is 25.0. The Hall–Kier alpha value is -1.56. The van der Waals surface area contributed by atoms with Crippen LogP contribution in [-0.4, -0.2) is 45.8 Å². The predicted octanol–water partition coefficient (Wildman–Crippen LogP) is 2.04. The second kappa shape index (κ2) is 5.51. The van der Waals surface area contributed by atoms with Crippen LogP contribution in [-0.2, 0) is 23.7 Å². The van der Waals surface area contributed by atoms with Crippen LogP contribution in [0.4, 0.5) is 4.79 Å². The molecule has 1 N–H and O–H groups in total. The number of rotatable bonds is 2. The van der Waals surface area contributed by atoms with Gasteiger partial charge in [-0.1, -0.05) is 6.92 Å². The van der Waals surface area contributed by atoms with Crippen LogP contribution in [0.1, 0.15) is 45.5 Å². The summed E-state index contributed by atoms with van der Waals surface area (Å²) in [6.07, 6.45) is 3.67. The van der Waals surface area contributed by atoms with Gasteiger partial charge in [0.1, 0.15) is 5.60 Å². The Morgan fingerprint density at radius 3 is 2.78 bits per heavy atom. The molecule has 0 aliphatic carbocycles. The molecule has 3 heterocycles. The van der Waals surface area contributed by atoms with Gasteiger partial charge in [0.05, 0.1) is 23.3 Å². The van der Waals surface area contributed by atoms with Crippen molar-refractivity contribution in [2.45, 2.75) is 51.7 Å². The summed E-state index contributed by atoms with van der Waals surface area (Å²) in [6, 6.07) is 0. The molecule has 2 aliphatic heterocycles. The maximum atomic E-state index is 12.2.